The highest BCUT2D eigenvalue weighted by Gasteiger charge is 2.19. The molecule has 18 heavy (non-hydrogen) atoms. The first-order valence-corrected chi connectivity index (χ1v) is 6.56. The molecular formula is C14H21N3O. The van der Waals surface area contributed by atoms with E-state index in [1.165, 1.54) is 19.3 Å². The molecule has 4 heteroatoms. The SMILES string of the molecule is CNC(=O)c1ccc(N)c(NCCCC2CC2)c1. The van der Waals surface area contributed by atoms with Crippen molar-refractivity contribution < 1.29 is 4.79 Å². The van der Waals surface area contributed by atoms with Crippen molar-refractivity contribution in [3.8, 4) is 0 Å². The molecule has 0 bridgehead atoms. The number of anilines is 2. The van der Waals surface area contributed by atoms with Gasteiger partial charge in [0.1, 0.15) is 0 Å². The summed E-state index contributed by atoms with van der Waals surface area (Å²) >= 11 is 0. The smallest absolute Gasteiger partial charge is 0.251 e. The van der Waals surface area contributed by atoms with E-state index in [1.807, 2.05) is 6.07 Å². The molecule has 4 N–H and O–H groups in total. The molecule has 1 saturated carbocycles. The van der Waals surface area contributed by atoms with Crippen molar-refractivity contribution >= 4 is 17.3 Å². The largest absolute Gasteiger partial charge is 0.397 e. The van der Waals surface area contributed by atoms with E-state index in [-0.39, 0.29) is 5.91 Å². The molecule has 0 aliphatic heterocycles. The van der Waals surface area contributed by atoms with Crippen LogP contribution in [-0.4, -0.2) is 19.5 Å². The number of nitrogen functional groups attached to an aromatic ring is 1. The molecule has 98 valence electrons. The summed E-state index contributed by atoms with van der Waals surface area (Å²) in [7, 11) is 1.63. The van der Waals surface area contributed by atoms with Gasteiger partial charge in [0, 0.05) is 19.2 Å². The molecule has 0 heterocycles. The maximum atomic E-state index is 11.5. The van der Waals surface area contributed by atoms with E-state index in [2.05, 4.69) is 10.6 Å². The zero-order valence-electron chi connectivity index (χ0n) is 10.8. The first kappa shape index (κ1) is 12.7. The predicted molar refractivity (Wildman–Crippen MR) is 74.7 cm³/mol. The minimum absolute atomic E-state index is 0.0870. The van der Waals surface area contributed by atoms with Gasteiger partial charge in [-0.15, -0.1) is 0 Å². The summed E-state index contributed by atoms with van der Waals surface area (Å²) < 4.78 is 0. The number of hydrogen-bond acceptors (Lipinski definition) is 3. The Bertz CT molecular complexity index is 427. The molecule has 0 aromatic heterocycles. The molecule has 0 spiro atoms. The fourth-order valence-corrected chi connectivity index (χ4v) is 2.02. The Kier molecular flexibility index (Phi) is 4.07. The van der Waals surface area contributed by atoms with Crippen molar-refractivity contribution in [3.63, 3.8) is 0 Å². The van der Waals surface area contributed by atoms with Crippen molar-refractivity contribution in [1.82, 2.24) is 5.32 Å². The lowest BCUT2D eigenvalue weighted by Crippen LogP contribution is -2.18. The Morgan fingerprint density at radius 3 is 2.89 bits per heavy atom. The van der Waals surface area contributed by atoms with Gasteiger partial charge in [-0.2, -0.15) is 0 Å². The highest BCUT2D eigenvalue weighted by molar-refractivity contribution is 5.96. The molecule has 0 atom stereocenters. The molecule has 0 unspecified atom stereocenters. The van der Waals surface area contributed by atoms with E-state index in [1.54, 1.807) is 19.2 Å². The van der Waals surface area contributed by atoms with Crippen molar-refractivity contribution in [2.45, 2.75) is 25.7 Å². The van der Waals surface area contributed by atoms with E-state index in [4.69, 9.17) is 5.73 Å². The third-order valence-corrected chi connectivity index (χ3v) is 3.34. The van der Waals surface area contributed by atoms with Gasteiger partial charge in [0.05, 0.1) is 11.4 Å². The maximum Gasteiger partial charge on any atom is 0.251 e. The summed E-state index contributed by atoms with van der Waals surface area (Å²) in [5, 5.41) is 5.92. The van der Waals surface area contributed by atoms with Gasteiger partial charge < -0.3 is 16.4 Å². The van der Waals surface area contributed by atoms with Crippen molar-refractivity contribution in [2.75, 3.05) is 24.6 Å². The zero-order chi connectivity index (χ0) is 13.0. The molecule has 4 nitrogen and oxygen atoms in total. The summed E-state index contributed by atoms with van der Waals surface area (Å²) in [6, 6.07) is 5.32. The minimum Gasteiger partial charge on any atom is -0.397 e. The first-order chi connectivity index (χ1) is 8.70. The van der Waals surface area contributed by atoms with E-state index in [0.29, 0.717) is 11.3 Å². The van der Waals surface area contributed by atoms with Crippen molar-refractivity contribution in [2.24, 2.45) is 5.92 Å². The van der Waals surface area contributed by atoms with Crippen molar-refractivity contribution in [3.05, 3.63) is 23.8 Å². The number of carbonyl (C=O) groups excluding carboxylic acids is 1. The monoisotopic (exact) mass is 247 g/mol. The number of hydrogen-bond donors (Lipinski definition) is 3. The quantitative estimate of drug-likeness (QED) is 0.533. The lowest BCUT2D eigenvalue weighted by Gasteiger charge is -2.10. The molecule has 1 aliphatic rings. The minimum atomic E-state index is -0.0870. The van der Waals surface area contributed by atoms with Crippen molar-refractivity contribution in [1.29, 1.82) is 0 Å². The van der Waals surface area contributed by atoms with Gasteiger partial charge in [0.15, 0.2) is 0 Å². The zero-order valence-corrected chi connectivity index (χ0v) is 10.8. The van der Waals surface area contributed by atoms with E-state index < -0.39 is 0 Å². The topological polar surface area (TPSA) is 67.2 Å². The summed E-state index contributed by atoms with van der Waals surface area (Å²) in [6.45, 7) is 0.915. The van der Waals surface area contributed by atoms with E-state index >= 15 is 0 Å². The lowest BCUT2D eigenvalue weighted by atomic mass is 10.1. The molecule has 1 aromatic rings. The number of amides is 1. The second kappa shape index (κ2) is 5.76. The Morgan fingerprint density at radius 1 is 1.44 bits per heavy atom. The molecule has 1 amide bonds. The Labute approximate surface area is 108 Å². The lowest BCUT2D eigenvalue weighted by molar-refractivity contribution is 0.0963. The van der Waals surface area contributed by atoms with Gasteiger partial charge in [-0.3, -0.25) is 4.79 Å². The molecular weight excluding hydrogens is 226 g/mol. The Balaban J connectivity index is 1.90. The molecule has 0 radical (unpaired) electrons. The average Bonchev–Trinajstić information content (AvgIpc) is 3.19. The second-order valence-corrected chi connectivity index (χ2v) is 4.89. The van der Waals surface area contributed by atoms with Crippen LogP contribution in [-0.2, 0) is 0 Å². The Hall–Kier alpha value is -1.71. The third-order valence-electron chi connectivity index (χ3n) is 3.34. The van der Waals surface area contributed by atoms with Gasteiger partial charge in [0.25, 0.3) is 5.91 Å². The highest BCUT2D eigenvalue weighted by atomic mass is 16.1. The van der Waals surface area contributed by atoms with Gasteiger partial charge >= 0.3 is 0 Å². The maximum absolute atomic E-state index is 11.5. The summed E-state index contributed by atoms with van der Waals surface area (Å²) in [6.07, 6.45) is 5.25. The number of nitrogens with two attached hydrogens (primary N) is 1. The summed E-state index contributed by atoms with van der Waals surface area (Å²) in [5.74, 6) is 0.873. The summed E-state index contributed by atoms with van der Waals surface area (Å²) in [4.78, 5) is 11.5. The normalized spacial score (nSPS) is 14.3. The first-order valence-electron chi connectivity index (χ1n) is 6.56. The van der Waals surface area contributed by atoms with Crippen LogP contribution in [0, 0.1) is 5.92 Å². The number of rotatable bonds is 6. The summed E-state index contributed by atoms with van der Waals surface area (Å²) in [5.41, 5.74) is 8.07. The average molecular weight is 247 g/mol. The Morgan fingerprint density at radius 2 is 2.22 bits per heavy atom. The molecule has 1 fully saturated rings. The number of benzene rings is 1. The van der Waals surface area contributed by atoms with Gasteiger partial charge in [-0.1, -0.05) is 12.8 Å². The number of nitrogens with one attached hydrogen (secondary N) is 2. The van der Waals surface area contributed by atoms with Crippen LogP contribution in [0.5, 0.6) is 0 Å². The standard InChI is InChI=1S/C14H21N3O/c1-16-14(18)11-6-7-12(15)13(9-11)17-8-2-3-10-4-5-10/h6-7,9-10,17H,2-5,8,15H2,1H3,(H,16,18). The van der Waals surface area contributed by atoms with Crippen LogP contribution < -0.4 is 16.4 Å². The molecule has 1 aliphatic carbocycles. The predicted octanol–water partition coefficient (Wildman–Crippen LogP) is 2.23. The van der Waals surface area contributed by atoms with Crippen LogP contribution in [0.4, 0.5) is 11.4 Å². The van der Waals surface area contributed by atoms with E-state index in [0.717, 1.165) is 24.6 Å². The van der Waals surface area contributed by atoms with Crippen LogP contribution >= 0.6 is 0 Å². The fourth-order valence-electron chi connectivity index (χ4n) is 2.02. The van der Waals surface area contributed by atoms with Crippen LogP contribution in [0.15, 0.2) is 18.2 Å². The van der Waals surface area contributed by atoms with Crippen LogP contribution in [0.25, 0.3) is 0 Å². The third kappa shape index (κ3) is 3.39. The van der Waals surface area contributed by atoms with Crippen LogP contribution in [0.3, 0.4) is 0 Å². The second-order valence-electron chi connectivity index (χ2n) is 4.89. The number of carbonyl (C=O) groups is 1. The van der Waals surface area contributed by atoms with E-state index in [9.17, 15) is 4.79 Å². The highest BCUT2D eigenvalue weighted by Crippen LogP contribution is 2.33. The van der Waals surface area contributed by atoms with Gasteiger partial charge in [-0.25, -0.2) is 0 Å². The molecule has 0 saturated heterocycles. The van der Waals surface area contributed by atoms with Crippen LogP contribution in [0.1, 0.15) is 36.0 Å². The van der Waals surface area contributed by atoms with Crippen LogP contribution in [0.2, 0.25) is 0 Å². The fraction of sp³-hybridized carbons (Fsp3) is 0.500. The molecule has 2 rings (SSSR count). The molecule has 1 aromatic carbocycles. The van der Waals surface area contributed by atoms with Gasteiger partial charge in [-0.05, 0) is 37.0 Å². The van der Waals surface area contributed by atoms with Gasteiger partial charge in [0.2, 0.25) is 0 Å².